The number of nitriles is 1. The molecule has 0 unspecified atom stereocenters. The number of carbonyl (C=O) groups is 2. The highest BCUT2D eigenvalue weighted by molar-refractivity contribution is 6.30. The summed E-state index contributed by atoms with van der Waals surface area (Å²) >= 11 is 5.86. The van der Waals surface area contributed by atoms with Gasteiger partial charge in [0.25, 0.3) is 0 Å². The Hall–Kier alpha value is -3.04. The van der Waals surface area contributed by atoms with Gasteiger partial charge in [0, 0.05) is 29.5 Å². The second-order valence-corrected chi connectivity index (χ2v) is 6.01. The molecule has 1 heterocycles. The number of halogens is 1. The van der Waals surface area contributed by atoms with E-state index in [4.69, 9.17) is 16.9 Å². The van der Waals surface area contributed by atoms with Crippen molar-refractivity contribution < 1.29 is 9.59 Å². The maximum Gasteiger partial charge on any atom is 0.325 e. The molecule has 25 heavy (non-hydrogen) atoms. The van der Waals surface area contributed by atoms with Gasteiger partial charge in [-0.05, 0) is 42.5 Å². The van der Waals surface area contributed by atoms with Crippen LogP contribution in [0.1, 0.15) is 5.56 Å². The number of urea groups is 1. The van der Waals surface area contributed by atoms with E-state index in [-0.39, 0.29) is 18.5 Å². The Bertz CT molecular complexity index is 845. The molecule has 1 N–H and O–H groups in total. The summed E-state index contributed by atoms with van der Waals surface area (Å²) in [6.07, 6.45) is 0. The molecule has 2 aromatic carbocycles. The maximum absolute atomic E-state index is 12.5. The van der Waals surface area contributed by atoms with Crippen molar-refractivity contribution in [2.24, 2.45) is 0 Å². The second-order valence-electron chi connectivity index (χ2n) is 5.57. The van der Waals surface area contributed by atoms with E-state index in [1.165, 1.54) is 4.90 Å². The Morgan fingerprint density at radius 2 is 1.96 bits per heavy atom. The summed E-state index contributed by atoms with van der Waals surface area (Å²) in [6.45, 7) is 0.935. The molecule has 1 fully saturated rings. The third-order valence-corrected chi connectivity index (χ3v) is 4.10. The van der Waals surface area contributed by atoms with Gasteiger partial charge in [0.15, 0.2) is 0 Å². The first-order valence-electron chi connectivity index (χ1n) is 7.69. The van der Waals surface area contributed by atoms with Crippen LogP contribution in [0.4, 0.5) is 16.2 Å². The molecule has 7 heteroatoms. The third-order valence-electron chi connectivity index (χ3n) is 3.84. The Morgan fingerprint density at radius 3 is 2.68 bits per heavy atom. The van der Waals surface area contributed by atoms with Crippen molar-refractivity contribution in [3.63, 3.8) is 0 Å². The lowest BCUT2D eigenvalue weighted by Crippen LogP contribution is -2.37. The number of hydrogen-bond acceptors (Lipinski definition) is 3. The first kappa shape index (κ1) is 16.8. The van der Waals surface area contributed by atoms with Gasteiger partial charge in [0.2, 0.25) is 5.91 Å². The largest absolute Gasteiger partial charge is 0.325 e. The summed E-state index contributed by atoms with van der Waals surface area (Å²) in [4.78, 5) is 27.7. The zero-order chi connectivity index (χ0) is 17.8. The maximum atomic E-state index is 12.5. The number of anilines is 2. The van der Waals surface area contributed by atoms with Crippen molar-refractivity contribution in [2.75, 3.05) is 29.9 Å². The molecule has 0 atom stereocenters. The minimum atomic E-state index is -0.304. The molecule has 0 bridgehead atoms. The highest BCUT2D eigenvalue weighted by Gasteiger charge is 2.30. The highest BCUT2D eigenvalue weighted by Crippen LogP contribution is 2.22. The van der Waals surface area contributed by atoms with Crippen LogP contribution < -0.4 is 10.2 Å². The Labute approximate surface area is 150 Å². The third kappa shape index (κ3) is 3.90. The van der Waals surface area contributed by atoms with Crippen LogP contribution in [0.5, 0.6) is 0 Å². The van der Waals surface area contributed by atoms with E-state index in [0.717, 1.165) is 5.69 Å². The summed E-state index contributed by atoms with van der Waals surface area (Å²) in [5.74, 6) is -0.304. The van der Waals surface area contributed by atoms with Crippen LogP contribution in [0.2, 0.25) is 5.02 Å². The number of carbonyl (C=O) groups excluding carboxylic acids is 2. The number of hydrogen-bond donors (Lipinski definition) is 1. The average Bonchev–Trinajstić information content (AvgIpc) is 2.96. The molecule has 1 aliphatic heterocycles. The minimum absolute atomic E-state index is 0.0420. The lowest BCUT2D eigenvalue weighted by molar-refractivity contribution is -0.116. The Morgan fingerprint density at radius 1 is 1.20 bits per heavy atom. The SMILES string of the molecule is N#Cc1cccc(NC(=O)CN2CCN(c3ccc(Cl)cc3)C2=O)c1. The van der Waals surface area contributed by atoms with Crippen molar-refractivity contribution in [3.8, 4) is 6.07 Å². The Kier molecular flexibility index (Phi) is 4.87. The highest BCUT2D eigenvalue weighted by atomic mass is 35.5. The van der Waals surface area contributed by atoms with Crippen LogP contribution in [0.25, 0.3) is 0 Å². The summed E-state index contributed by atoms with van der Waals surface area (Å²) < 4.78 is 0. The second kappa shape index (κ2) is 7.24. The summed E-state index contributed by atoms with van der Waals surface area (Å²) in [6, 6.07) is 15.4. The molecule has 0 spiro atoms. The van der Waals surface area contributed by atoms with Crippen LogP contribution >= 0.6 is 11.6 Å². The lowest BCUT2D eigenvalue weighted by atomic mass is 10.2. The molecule has 0 aliphatic carbocycles. The van der Waals surface area contributed by atoms with E-state index in [0.29, 0.717) is 29.4 Å². The van der Waals surface area contributed by atoms with Crippen LogP contribution in [-0.2, 0) is 4.79 Å². The predicted octanol–water partition coefficient (Wildman–Crippen LogP) is 3.09. The van der Waals surface area contributed by atoms with Crippen LogP contribution in [0.3, 0.4) is 0 Å². The molecule has 6 nitrogen and oxygen atoms in total. The van der Waals surface area contributed by atoms with Crippen molar-refractivity contribution in [1.82, 2.24) is 4.90 Å². The van der Waals surface area contributed by atoms with Crippen LogP contribution in [0.15, 0.2) is 48.5 Å². The molecule has 0 saturated carbocycles. The summed E-state index contributed by atoms with van der Waals surface area (Å²) in [7, 11) is 0. The molecule has 1 aliphatic rings. The van der Waals surface area contributed by atoms with Gasteiger partial charge >= 0.3 is 6.03 Å². The van der Waals surface area contributed by atoms with Gasteiger partial charge in [0.1, 0.15) is 6.54 Å². The van der Waals surface area contributed by atoms with Crippen molar-refractivity contribution >= 4 is 34.9 Å². The van der Waals surface area contributed by atoms with Gasteiger partial charge in [-0.3, -0.25) is 9.69 Å². The van der Waals surface area contributed by atoms with Gasteiger partial charge in [0.05, 0.1) is 11.6 Å². The summed E-state index contributed by atoms with van der Waals surface area (Å²) in [5.41, 5.74) is 1.74. The number of rotatable bonds is 4. The molecule has 3 amide bonds. The number of benzene rings is 2. The topological polar surface area (TPSA) is 76.4 Å². The predicted molar refractivity (Wildman–Crippen MR) is 95.6 cm³/mol. The van der Waals surface area contributed by atoms with Crippen molar-refractivity contribution in [3.05, 3.63) is 59.1 Å². The first-order chi connectivity index (χ1) is 12.1. The van der Waals surface area contributed by atoms with Crippen molar-refractivity contribution in [1.29, 1.82) is 5.26 Å². The van der Waals surface area contributed by atoms with Gasteiger partial charge in [-0.2, -0.15) is 5.26 Å². The Balaban J connectivity index is 1.61. The van der Waals surface area contributed by atoms with Gasteiger partial charge in [-0.15, -0.1) is 0 Å². The monoisotopic (exact) mass is 354 g/mol. The van der Waals surface area contributed by atoms with E-state index in [1.807, 2.05) is 6.07 Å². The molecule has 3 rings (SSSR count). The quantitative estimate of drug-likeness (QED) is 0.916. The number of amides is 3. The standard InChI is InChI=1S/C18H15ClN4O2/c19-14-4-6-16(7-5-14)23-9-8-22(18(23)25)12-17(24)21-15-3-1-2-13(10-15)11-20/h1-7,10H,8-9,12H2,(H,21,24). The van der Waals surface area contributed by atoms with Gasteiger partial charge in [-0.1, -0.05) is 17.7 Å². The van der Waals surface area contributed by atoms with E-state index >= 15 is 0 Å². The molecular weight excluding hydrogens is 340 g/mol. The van der Waals surface area contributed by atoms with Gasteiger partial charge < -0.3 is 10.2 Å². The fourth-order valence-electron chi connectivity index (χ4n) is 2.63. The summed E-state index contributed by atoms with van der Waals surface area (Å²) in [5, 5.41) is 12.2. The van der Waals surface area contributed by atoms with E-state index in [9.17, 15) is 9.59 Å². The number of nitrogens with zero attached hydrogens (tertiary/aromatic N) is 3. The molecule has 126 valence electrons. The normalized spacial score (nSPS) is 13.7. The molecule has 2 aromatic rings. The molecular formula is C18H15ClN4O2. The van der Waals surface area contributed by atoms with Crippen molar-refractivity contribution in [2.45, 2.75) is 0 Å². The molecule has 1 saturated heterocycles. The fourth-order valence-corrected chi connectivity index (χ4v) is 2.76. The van der Waals surface area contributed by atoms with Crippen LogP contribution in [-0.4, -0.2) is 36.5 Å². The zero-order valence-corrected chi connectivity index (χ0v) is 14.0. The zero-order valence-electron chi connectivity index (χ0n) is 13.3. The van der Waals surface area contributed by atoms with E-state index in [1.54, 1.807) is 53.4 Å². The fraction of sp³-hybridized carbons (Fsp3) is 0.167. The lowest BCUT2D eigenvalue weighted by Gasteiger charge is -2.18. The minimum Gasteiger partial charge on any atom is -0.325 e. The number of nitrogens with one attached hydrogen (secondary N) is 1. The average molecular weight is 355 g/mol. The van der Waals surface area contributed by atoms with Crippen LogP contribution in [0, 0.1) is 11.3 Å². The molecule has 0 radical (unpaired) electrons. The first-order valence-corrected chi connectivity index (χ1v) is 8.06. The molecule has 0 aromatic heterocycles. The van der Waals surface area contributed by atoms with Gasteiger partial charge in [-0.25, -0.2) is 4.79 Å². The van der Waals surface area contributed by atoms with E-state index < -0.39 is 0 Å². The van der Waals surface area contributed by atoms with E-state index in [2.05, 4.69) is 5.32 Å². The smallest absolute Gasteiger partial charge is 0.325 e.